The van der Waals surface area contributed by atoms with E-state index in [1.54, 1.807) is 0 Å². The molecular weight excluding hydrogens is 278 g/mol. The Morgan fingerprint density at radius 3 is 3.00 bits per heavy atom. The molecule has 20 heavy (non-hydrogen) atoms. The molecule has 2 aromatic rings. The van der Waals surface area contributed by atoms with Crippen molar-refractivity contribution in [2.45, 2.75) is 31.9 Å². The largest absolute Gasteiger partial charge is 0.484 e. The fraction of sp³-hybridized carbons (Fsp3) is 0.429. The lowest BCUT2D eigenvalue weighted by Gasteiger charge is -2.07. The number of hydrogen-bond donors (Lipinski definition) is 1. The summed E-state index contributed by atoms with van der Waals surface area (Å²) in [5, 5.41) is 7.57. The third-order valence-corrected chi connectivity index (χ3v) is 3.44. The number of ether oxygens (including phenoxy) is 1. The van der Waals surface area contributed by atoms with E-state index in [-0.39, 0.29) is 6.61 Å². The lowest BCUT2D eigenvalue weighted by molar-refractivity contribution is 0.285. The Kier molecular flexibility index (Phi) is 3.89. The van der Waals surface area contributed by atoms with Gasteiger partial charge in [0.05, 0.1) is 5.02 Å². The summed E-state index contributed by atoms with van der Waals surface area (Å²) in [6.07, 6.45) is 2.28. The second-order valence-electron chi connectivity index (χ2n) is 4.91. The molecule has 1 heterocycles. The third-order valence-electron chi connectivity index (χ3n) is 3.14. The summed E-state index contributed by atoms with van der Waals surface area (Å²) in [5.74, 6) is 2.37. The Bertz CT molecular complexity index is 596. The summed E-state index contributed by atoms with van der Waals surface area (Å²) in [5.41, 5.74) is 1.11. The molecule has 1 N–H and O–H groups in total. The van der Waals surface area contributed by atoms with Gasteiger partial charge in [0.1, 0.15) is 5.75 Å². The van der Waals surface area contributed by atoms with Crippen molar-refractivity contribution in [3.63, 3.8) is 0 Å². The minimum Gasteiger partial charge on any atom is -0.484 e. The van der Waals surface area contributed by atoms with Crippen LogP contribution in [0.3, 0.4) is 0 Å². The quantitative estimate of drug-likeness (QED) is 0.887. The van der Waals surface area contributed by atoms with Crippen LogP contribution in [0.2, 0.25) is 5.02 Å². The van der Waals surface area contributed by atoms with E-state index in [9.17, 15) is 0 Å². The molecule has 0 radical (unpaired) electrons. The molecule has 0 aliphatic heterocycles. The molecule has 1 fully saturated rings. The van der Waals surface area contributed by atoms with E-state index in [1.165, 1.54) is 0 Å². The standard InChI is InChI=1S/C14H16ClN3O2/c1-16-7-9-2-5-12(11(15)6-9)19-8-13-17-14(20-18-13)10-3-4-10/h2,5-6,10,16H,3-4,7-8H2,1H3. The first-order valence-corrected chi connectivity index (χ1v) is 7.02. The van der Waals surface area contributed by atoms with Crippen molar-refractivity contribution in [2.24, 2.45) is 0 Å². The maximum atomic E-state index is 6.18. The summed E-state index contributed by atoms with van der Waals surface area (Å²) >= 11 is 6.18. The average molecular weight is 294 g/mol. The molecular formula is C14H16ClN3O2. The number of halogens is 1. The van der Waals surface area contributed by atoms with Gasteiger partial charge in [0.15, 0.2) is 6.61 Å². The average Bonchev–Trinajstić information content (AvgIpc) is 3.18. The van der Waals surface area contributed by atoms with Crippen LogP contribution in [0, 0.1) is 0 Å². The highest BCUT2D eigenvalue weighted by molar-refractivity contribution is 6.32. The molecule has 1 aliphatic rings. The number of hydrogen-bond acceptors (Lipinski definition) is 5. The summed E-state index contributed by atoms with van der Waals surface area (Å²) in [6.45, 7) is 1.04. The molecule has 1 aliphatic carbocycles. The van der Waals surface area contributed by atoms with Gasteiger partial charge in [-0.3, -0.25) is 0 Å². The zero-order chi connectivity index (χ0) is 13.9. The van der Waals surface area contributed by atoms with Gasteiger partial charge >= 0.3 is 0 Å². The molecule has 1 aromatic heterocycles. The maximum absolute atomic E-state index is 6.18. The van der Waals surface area contributed by atoms with Crippen molar-refractivity contribution >= 4 is 11.6 Å². The third kappa shape index (κ3) is 3.11. The van der Waals surface area contributed by atoms with Crippen LogP contribution in [-0.2, 0) is 13.2 Å². The second kappa shape index (κ2) is 5.81. The summed E-state index contributed by atoms with van der Waals surface area (Å²) in [7, 11) is 1.89. The van der Waals surface area contributed by atoms with Crippen LogP contribution in [0.5, 0.6) is 5.75 Å². The highest BCUT2D eigenvalue weighted by Crippen LogP contribution is 2.38. The van der Waals surface area contributed by atoms with Crippen LogP contribution in [0.4, 0.5) is 0 Å². The second-order valence-corrected chi connectivity index (χ2v) is 5.31. The lowest BCUT2D eigenvalue weighted by atomic mass is 10.2. The molecule has 0 bridgehead atoms. The van der Waals surface area contributed by atoms with Crippen molar-refractivity contribution < 1.29 is 9.26 Å². The Hall–Kier alpha value is -1.59. The monoisotopic (exact) mass is 293 g/mol. The van der Waals surface area contributed by atoms with Crippen LogP contribution in [0.1, 0.15) is 36.0 Å². The minimum absolute atomic E-state index is 0.265. The topological polar surface area (TPSA) is 60.2 Å². The first-order chi connectivity index (χ1) is 9.76. The molecule has 0 saturated heterocycles. The van der Waals surface area contributed by atoms with E-state index >= 15 is 0 Å². The van der Waals surface area contributed by atoms with Crippen LogP contribution in [0.15, 0.2) is 22.7 Å². The maximum Gasteiger partial charge on any atom is 0.229 e. The highest BCUT2D eigenvalue weighted by atomic mass is 35.5. The predicted molar refractivity (Wildman–Crippen MR) is 74.8 cm³/mol. The van der Waals surface area contributed by atoms with Crippen LogP contribution in [0.25, 0.3) is 0 Å². The number of nitrogens with zero attached hydrogens (tertiary/aromatic N) is 2. The fourth-order valence-electron chi connectivity index (χ4n) is 1.94. The Balaban J connectivity index is 1.61. The zero-order valence-electron chi connectivity index (χ0n) is 11.2. The van der Waals surface area contributed by atoms with E-state index in [2.05, 4.69) is 15.5 Å². The Labute approximate surface area is 122 Å². The number of rotatable bonds is 6. The van der Waals surface area contributed by atoms with Crippen LogP contribution >= 0.6 is 11.6 Å². The molecule has 6 heteroatoms. The van der Waals surface area contributed by atoms with E-state index in [4.69, 9.17) is 20.9 Å². The van der Waals surface area contributed by atoms with Gasteiger partial charge in [-0.05, 0) is 37.6 Å². The van der Waals surface area contributed by atoms with Crippen LogP contribution < -0.4 is 10.1 Å². The Morgan fingerprint density at radius 1 is 1.45 bits per heavy atom. The van der Waals surface area contributed by atoms with E-state index in [0.29, 0.717) is 22.5 Å². The summed E-state index contributed by atoms with van der Waals surface area (Å²) in [6, 6.07) is 5.72. The molecule has 3 rings (SSSR count). The Morgan fingerprint density at radius 2 is 2.30 bits per heavy atom. The van der Waals surface area contributed by atoms with Gasteiger partial charge in [-0.15, -0.1) is 0 Å². The molecule has 0 amide bonds. The van der Waals surface area contributed by atoms with Crippen molar-refractivity contribution in [1.29, 1.82) is 0 Å². The van der Waals surface area contributed by atoms with Crippen molar-refractivity contribution in [1.82, 2.24) is 15.5 Å². The van der Waals surface area contributed by atoms with E-state index in [1.807, 2.05) is 25.2 Å². The first kappa shape index (κ1) is 13.4. The molecule has 106 valence electrons. The fourth-order valence-corrected chi connectivity index (χ4v) is 2.20. The van der Waals surface area contributed by atoms with Crippen molar-refractivity contribution in [3.05, 3.63) is 40.5 Å². The highest BCUT2D eigenvalue weighted by Gasteiger charge is 2.29. The van der Waals surface area contributed by atoms with Gasteiger partial charge < -0.3 is 14.6 Å². The van der Waals surface area contributed by atoms with Gasteiger partial charge in [-0.1, -0.05) is 22.8 Å². The predicted octanol–water partition coefficient (Wildman–Crippen LogP) is 2.90. The number of nitrogens with one attached hydrogen (secondary N) is 1. The van der Waals surface area contributed by atoms with Crippen molar-refractivity contribution in [3.8, 4) is 5.75 Å². The molecule has 1 saturated carbocycles. The number of benzene rings is 1. The SMILES string of the molecule is CNCc1ccc(OCc2noc(C3CC3)n2)c(Cl)c1. The van der Waals surface area contributed by atoms with E-state index < -0.39 is 0 Å². The van der Waals surface area contributed by atoms with Crippen molar-refractivity contribution in [2.75, 3.05) is 7.05 Å². The van der Waals surface area contributed by atoms with Gasteiger partial charge in [0.25, 0.3) is 0 Å². The smallest absolute Gasteiger partial charge is 0.229 e. The molecule has 5 nitrogen and oxygen atoms in total. The zero-order valence-corrected chi connectivity index (χ0v) is 12.0. The van der Waals surface area contributed by atoms with E-state index in [0.717, 1.165) is 30.8 Å². The van der Waals surface area contributed by atoms with Crippen LogP contribution in [-0.4, -0.2) is 17.2 Å². The first-order valence-electron chi connectivity index (χ1n) is 6.64. The molecule has 1 aromatic carbocycles. The molecule has 0 unspecified atom stereocenters. The summed E-state index contributed by atoms with van der Waals surface area (Å²) in [4.78, 5) is 4.31. The van der Waals surface area contributed by atoms with Gasteiger partial charge in [0.2, 0.25) is 11.7 Å². The van der Waals surface area contributed by atoms with Gasteiger partial charge in [-0.25, -0.2) is 0 Å². The normalized spacial score (nSPS) is 14.5. The minimum atomic E-state index is 0.265. The number of aromatic nitrogens is 2. The molecule has 0 spiro atoms. The van der Waals surface area contributed by atoms with Gasteiger partial charge in [-0.2, -0.15) is 4.98 Å². The lowest BCUT2D eigenvalue weighted by Crippen LogP contribution is -2.05. The molecule has 0 atom stereocenters. The van der Waals surface area contributed by atoms with Gasteiger partial charge in [0, 0.05) is 12.5 Å². The summed E-state index contributed by atoms with van der Waals surface area (Å²) < 4.78 is 10.8.